The van der Waals surface area contributed by atoms with E-state index in [1.807, 2.05) is 0 Å². The Morgan fingerprint density at radius 2 is 1.69 bits per heavy atom. The highest BCUT2D eigenvalue weighted by atomic mass is 32.2. The number of hydrogen-bond acceptors (Lipinski definition) is 5. The van der Waals surface area contributed by atoms with E-state index in [4.69, 9.17) is 0 Å². The van der Waals surface area contributed by atoms with Crippen molar-refractivity contribution in [1.29, 1.82) is 0 Å². The van der Waals surface area contributed by atoms with Gasteiger partial charge in [-0.25, -0.2) is 8.42 Å². The van der Waals surface area contributed by atoms with Crippen molar-refractivity contribution in [3.8, 4) is 0 Å². The molecule has 2 N–H and O–H groups in total. The highest BCUT2D eigenvalue weighted by Gasteiger charge is 2.35. The van der Waals surface area contributed by atoms with E-state index in [-0.39, 0.29) is 29.3 Å². The molecule has 7 nitrogen and oxygen atoms in total. The van der Waals surface area contributed by atoms with Gasteiger partial charge in [0.25, 0.3) is 5.91 Å². The summed E-state index contributed by atoms with van der Waals surface area (Å²) >= 11 is 0. The fraction of sp³-hybridized carbons (Fsp3) is 0.333. The molecule has 0 radical (unpaired) electrons. The maximum absolute atomic E-state index is 13.1. The molecule has 1 atom stereocenters. The average Bonchev–Trinajstić information content (AvgIpc) is 3.10. The van der Waals surface area contributed by atoms with Crippen LogP contribution in [0.25, 0.3) is 0 Å². The summed E-state index contributed by atoms with van der Waals surface area (Å²) in [4.78, 5) is 26.7. The third-order valence-corrected chi connectivity index (χ3v) is 6.68. The number of nitrogens with zero attached hydrogens (tertiary/aromatic N) is 1. The minimum Gasteiger partial charge on any atom is -0.375 e. The molecule has 2 aromatic rings. The summed E-state index contributed by atoms with van der Waals surface area (Å²) in [7, 11) is -3.24. The van der Waals surface area contributed by atoms with E-state index in [1.165, 1.54) is 23.1 Å². The van der Waals surface area contributed by atoms with E-state index in [1.54, 1.807) is 41.7 Å². The molecule has 1 aliphatic rings. The van der Waals surface area contributed by atoms with Gasteiger partial charge in [0, 0.05) is 11.4 Å². The second-order valence-corrected chi connectivity index (χ2v) is 9.58. The minimum absolute atomic E-state index is 0.0100. The molecule has 2 aromatic carbocycles. The number of sulfone groups is 1. The monoisotopic (exact) mass is 469 g/mol. The first-order valence-electron chi connectivity index (χ1n) is 9.81. The lowest BCUT2D eigenvalue weighted by molar-refractivity contribution is -0.123. The lowest BCUT2D eigenvalue weighted by atomic mass is 10.1. The Morgan fingerprint density at radius 1 is 1.03 bits per heavy atom. The van der Waals surface area contributed by atoms with Gasteiger partial charge in [0.05, 0.1) is 29.7 Å². The van der Waals surface area contributed by atoms with Gasteiger partial charge in [0.1, 0.15) is 6.54 Å². The second kappa shape index (κ2) is 9.60. The highest BCUT2D eigenvalue weighted by molar-refractivity contribution is 7.91. The van der Waals surface area contributed by atoms with Crippen molar-refractivity contribution in [1.82, 2.24) is 5.32 Å². The molecule has 3 rings (SSSR count). The number of para-hydroxylation sites is 2. The first kappa shape index (κ1) is 23.6. The van der Waals surface area contributed by atoms with Crippen molar-refractivity contribution in [3.63, 3.8) is 0 Å². The lowest BCUT2D eigenvalue weighted by Crippen LogP contribution is -2.44. The average molecular weight is 469 g/mol. The zero-order chi connectivity index (χ0) is 23.4. The third kappa shape index (κ3) is 6.22. The van der Waals surface area contributed by atoms with Gasteiger partial charge in [-0.1, -0.05) is 30.3 Å². The number of amides is 2. The van der Waals surface area contributed by atoms with Crippen molar-refractivity contribution in [2.45, 2.75) is 18.6 Å². The van der Waals surface area contributed by atoms with Crippen LogP contribution in [0.4, 0.5) is 24.5 Å². The van der Waals surface area contributed by atoms with Crippen LogP contribution in [0.1, 0.15) is 16.8 Å². The van der Waals surface area contributed by atoms with Crippen molar-refractivity contribution in [2.75, 3.05) is 34.8 Å². The summed E-state index contributed by atoms with van der Waals surface area (Å²) in [5.74, 6) is -1.52. The number of benzene rings is 2. The van der Waals surface area contributed by atoms with Crippen LogP contribution in [0.3, 0.4) is 0 Å². The molecule has 1 aliphatic heterocycles. The molecular formula is C21H22F3N3O4S. The number of halogens is 3. The number of anilines is 2. The summed E-state index contributed by atoms with van der Waals surface area (Å²) in [6, 6.07) is 14.0. The van der Waals surface area contributed by atoms with Crippen LogP contribution in [0.15, 0.2) is 54.6 Å². The van der Waals surface area contributed by atoms with Gasteiger partial charge < -0.3 is 15.5 Å². The zero-order valence-corrected chi connectivity index (χ0v) is 17.7. The topological polar surface area (TPSA) is 95.6 Å². The Bertz CT molecular complexity index is 1080. The van der Waals surface area contributed by atoms with Gasteiger partial charge >= 0.3 is 6.18 Å². The molecular weight excluding hydrogens is 447 g/mol. The van der Waals surface area contributed by atoms with Gasteiger partial charge in [-0.3, -0.25) is 9.59 Å². The standard InChI is InChI=1S/C21H22F3N3O4S/c22-21(23,24)14-26-20(29)17-8-4-5-9-18(17)25-12-19(28)27(15-6-2-1-3-7-15)16-10-11-32(30,31)13-16/h1-9,16,25H,10-14H2,(H,26,29)/t16-/m0/s1. The first-order chi connectivity index (χ1) is 15.1. The normalized spacial score (nSPS) is 17.5. The molecule has 1 heterocycles. The maximum Gasteiger partial charge on any atom is 0.405 e. The molecule has 1 fully saturated rings. The second-order valence-electron chi connectivity index (χ2n) is 7.35. The summed E-state index contributed by atoms with van der Waals surface area (Å²) in [5.41, 5.74) is 0.685. The predicted molar refractivity (Wildman–Crippen MR) is 114 cm³/mol. The SMILES string of the molecule is O=C(NCC(F)(F)F)c1ccccc1NCC(=O)N(c1ccccc1)[C@H]1CCS(=O)(=O)C1. The summed E-state index contributed by atoms with van der Waals surface area (Å²) < 4.78 is 61.2. The van der Waals surface area contributed by atoms with Gasteiger partial charge in [0.15, 0.2) is 9.84 Å². The van der Waals surface area contributed by atoms with Crippen molar-refractivity contribution >= 4 is 33.0 Å². The summed E-state index contributed by atoms with van der Waals surface area (Å²) in [6.45, 7) is -1.76. The fourth-order valence-electron chi connectivity index (χ4n) is 3.49. The number of carbonyl (C=O) groups excluding carboxylic acids is 2. The number of nitrogens with one attached hydrogen (secondary N) is 2. The third-order valence-electron chi connectivity index (χ3n) is 4.93. The van der Waals surface area contributed by atoms with Crippen LogP contribution in [0, 0.1) is 0 Å². The van der Waals surface area contributed by atoms with Gasteiger partial charge in [-0.15, -0.1) is 0 Å². The van der Waals surface area contributed by atoms with Crippen LogP contribution in [-0.4, -0.2) is 57.0 Å². The molecule has 0 unspecified atom stereocenters. The number of hydrogen-bond donors (Lipinski definition) is 2. The molecule has 0 saturated carbocycles. The summed E-state index contributed by atoms with van der Waals surface area (Å²) in [5, 5.41) is 4.61. The minimum atomic E-state index is -4.55. The molecule has 11 heteroatoms. The van der Waals surface area contributed by atoms with Gasteiger partial charge in [0.2, 0.25) is 5.91 Å². The quantitative estimate of drug-likeness (QED) is 0.650. The van der Waals surface area contributed by atoms with E-state index in [0.717, 1.165) is 0 Å². The molecule has 0 aliphatic carbocycles. The Morgan fingerprint density at radius 3 is 2.31 bits per heavy atom. The Balaban J connectivity index is 1.75. The smallest absolute Gasteiger partial charge is 0.375 e. The first-order valence-corrected chi connectivity index (χ1v) is 11.6. The van der Waals surface area contributed by atoms with E-state index >= 15 is 0 Å². The molecule has 1 saturated heterocycles. The van der Waals surface area contributed by atoms with Gasteiger partial charge in [-0.05, 0) is 30.7 Å². The summed E-state index contributed by atoms with van der Waals surface area (Å²) in [6.07, 6.45) is -4.24. The predicted octanol–water partition coefficient (Wildman–Crippen LogP) is 2.61. The number of rotatable bonds is 7. The molecule has 172 valence electrons. The molecule has 0 bridgehead atoms. The van der Waals surface area contributed by atoms with E-state index < -0.39 is 40.4 Å². The zero-order valence-electron chi connectivity index (χ0n) is 16.9. The van der Waals surface area contributed by atoms with Crippen molar-refractivity contribution in [3.05, 3.63) is 60.2 Å². The van der Waals surface area contributed by atoms with Crippen LogP contribution in [-0.2, 0) is 14.6 Å². The van der Waals surface area contributed by atoms with E-state index in [0.29, 0.717) is 12.1 Å². The Kier molecular flexibility index (Phi) is 7.07. The largest absolute Gasteiger partial charge is 0.405 e. The van der Waals surface area contributed by atoms with E-state index in [2.05, 4.69) is 5.32 Å². The van der Waals surface area contributed by atoms with Crippen molar-refractivity contribution in [2.24, 2.45) is 0 Å². The number of alkyl halides is 3. The molecule has 32 heavy (non-hydrogen) atoms. The van der Waals surface area contributed by atoms with Crippen LogP contribution < -0.4 is 15.5 Å². The maximum atomic E-state index is 13.1. The van der Waals surface area contributed by atoms with Crippen molar-refractivity contribution < 1.29 is 31.2 Å². The molecule has 2 amide bonds. The fourth-order valence-corrected chi connectivity index (χ4v) is 5.19. The number of carbonyl (C=O) groups is 2. The van der Waals surface area contributed by atoms with Crippen LogP contribution in [0.2, 0.25) is 0 Å². The Labute approximate surface area is 183 Å². The van der Waals surface area contributed by atoms with Gasteiger partial charge in [-0.2, -0.15) is 13.2 Å². The van der Waals surface area contributed by atoms with Crippen LogP contribution in [0.5, 0.6) is 0 Å². The Hall–Kier alpha value is -3.08. The molecule has 0 aromatic heterocycles. The van der Waals surface area contributed by atoms with Crippen LogP contribution >= 0.6 is 0 Å². The lowest BCUT2D eigenvalue weighted by Gasteiger charge is -2.29. The van der Waals surface area contributed by atoms with E-state index in [9.17, 15) is 31.2 Å². The molecule has 0 spiro atoms. The highest BCUT2D eigenvalue weighted by Crippen LogP contribution is 2.25.